The van der Waals surface area contributed by atoms with Gasteiger partial charge in [0.25, 0.3) is 0 Å². The molecule has 0 spiro atoms. The Morgan fingerprint density at radius 3 is 2.27 bits per heavy atom. The quantitative estimate of drug-likeness (QED) is 0.414. The molecule has 2 aliphatic carbocycles. The zero-order valence-electron chi connectivity index (χ0n) is 16.8. The number of fused-ring (bicyclic) bond motifs is 5. The molecule has 1 saturated carbocycles. The van der Waals surface area contributed by atoms with Crippen molar-refractivity contribution >= 4 is 33.4 Å². The molecular weight excluding hydrogens is 396 g/mol. The Labute approximate surface area is 179 Å². The number of rotatable bonds is 7. The van der Waals surface area contributed by atoms with Crippen molar-refractivity contribution in [3.63, 3.8) is 0 Å². The highest BCUT2D eigenvalue weighted by atomic mass is 32.2. The fourth-order valence-corrected chi connectivity index (χ4v) is 5.46. The first-order valence-corrected chi connectivity index (χ1v) is 11.1. The summed E-state index contributed by atoms with van der Waals surface area (Å²) < 4.78 is 15.5. The SMILES string of the molecule is C=C/C=C\C(=C/C)NS(=O)C(=C)c1ccc(N2C(=O)C3C4C=CC(C4)C3C2=O)cc1. The highest BCUT2D eigenvalue weighted by Crippen LogP contribution is 2.53. The summed E-state index contributed by atoms with van der Waals surface area (Å²) in [4.78, 5) is 27.6. The summed E-state index contributed by atoms with van der Waals surface area (Å²) in [5, 5.41) is 0. The van der Waals surface area contributed by atoms with Crippen molar-refractivity contribution in [2.75, 3.05) is 4.90 Å². The molecule has 1 aromatic carbocycles. The van der Waals surface area contributed by atoms with Gasteiger partial charge in [0.2, 0.25) is 11.8 Å². The number of nitrogens with one attached hydrogen (secondary N) is 1. The highest BCUT2D eigenvalue weighted by molar-refractivity contribution is 7.92. The van der Waals surface area contributed by atoms with Crippen molar-refractivity contribution in [1.82, 2.24) is 4.72 Å². The fraction of sp³-hybridized carbons (Fsp3) is 0.250. The van der Waals surface area contributed by atoms with Crippen molar-refractivity contribution in [2.45, 2.75) is 13.3 Å². The molecule has 2 amide bonds. The summed E-state index contributed by atoms with van der Waals surface area (Å²) >= 11 is 0. The summed E-state index contributed by atoms with van der Waals surface area (Å²) in [6, 6.07) is 6.93. The van der Waals surface area contributed by atoms with E-state index in [1.807, 2.05) is 6.92 Å². The van der Waals surface area contributed by atoms with Gasteiger partial charge in [0, 0.05) is 5.70 Å². The second kappa shape index (κ2) is 8.03. The fourth-order valence-electron chi connectivity index (χ4n) is 4.59. The van der Waals surface area contributed by atoms with Crippen LogP contribution < -0.4 is 9.62 Å². The maximum absolute atomic E-state index is 12.9. The third-order valence-corrected chi connectivity index (χ3v) is 7.18. The van der Waals surface area contributed by atoms with Gasteiger partial charge in [-0.05, 0) is 49.0 Å². The van der Waals surface area contributed by atoms with E-state index in [4.69, 9.17) is 0 Å². The van der Waals surface area contributed by atoms with Crippen molar-refractivity contribution in [2.24, 2.45) is 23.7 Å². The average molecular weight is 421 g/mol. The number of amides is 2. The van der Waals surface area contributed by atoms with Gasteiger partial charge in [0.15, 0.2) is 0 Å². The molecule has 2 fully saturated rings. The van der Waals surface area contributed by atoms with E-state index in [1.165, 1.54) is 4.90 Å². The van der Waals surface area contributed by atoms with E-state index in [0.29, 0.717) is 21.9 Å². The Kier molecular flexibility index (Phi) is 5.43. The van der Waals surface area contributed by atoms with Gasteiger partial charge in [0.05, 0.1) is 22.4 Å². The molecule has 1 aliphatic heterocycles. The molecular formula is C24H24N2O3S. The minimum absolute atomic E-state index is 0.106. The van der Waals surface area contributed by atoms with E-state index in [-0.39, 0.29) is 35.5 Å². The standard InChI is InChI=1S/C24H24N2O3S/c1-4-6-7-19(5-2)25-30(29)15(3)16-10-12-20(13-11-16)26-23(27)21-17-8-9-18(14-17)22(21)24(26)28/h4-13,17-18,21-22,25H,1,3,14H2,2H3/b7-6-,19-5+. The van der Waals surface area contributed by atoms with Crippen LogP contribution in [0, 0.1) is 23.7 Å². The molecule has 1 saturated heterocycles. The number of hydrogen-bond acceptors (Lipinski definition) is 3. The van der Waals surface area contributed by atoms with Crippen LogP contribution in [0.15, 0.2) is 79.6 Å². The smallest absolute Gasteiger partial charge is 0.238 e. The normalized spacial score (nSPS) is 28.3. The summed E-state index contributed by atoms with van der Waals surface area (Å²) in [6.07, 6.45) is 12.0. The summed E-state index contributed by atoms with van der Waals surface area (Å²) in [5.74, 6) is -0.283. The zero-order chi connectivity index (χ0) is 21.4. The van der Waals surface area contributed by atoms with Crippen molar-refractivity contribution in [1.29, 1.82) is 0 Å². The summed E-state index contributed by atoms with van der Waals surface area (Å²) in [6.45, 7) is 9.39. The van der Waals surface area contributed by atoms with Gasteiger partial charge in [-0.15, -0.1) is 0 Å². The summed E-state index contributed by atoms with van der Waals surface area (Å²) in [7, 11) is -1.53. The van der Waals surface area contributed by atoms with Crippen LogP contribution in [-0.2, 0) is 20.6 Å². The Morgan fingerprint density at radius 2 is 1.73 bits per heavy atom. The van der Waals surface area contributed by atoms with Gasteiger partial charge in [-0.2, -0.15) is 0 Å². The second-order valence-corrected chi connectivity index (χ2v) is 8.93. The third-order valence-electron chi connectivity index (χ3n) is 6.08. The first kappa shape index (κ1) is 20.3. The zero-order valence-corrected chi connectivity index (χ0v) is 17.6. The number of anilines is 1. The molecule has 5 unspecified atom stereocenters. The maximum atomic E-state index is 12.9. The topological polar surface area (TPSA) is 66.5 Å². The molecule has 154 valence electrons. The van der Waals surface area contributed by atoms with Crippen LogP contribution >= 0.6 is 0 Å². The number of carbonyl (C=O) groups excluding carboxylic acids is 2. The van der Waals surface area contributed by atoms with Gasteiger partial charge in [-0.25, -0.2) is 4.21 Å². The lowest BCUT2D eigenvalue weighted by Crippen LogP contribution is -2.32. The van der Waals surface area contributed by atoms with Crippen molar-refractivity contribution in [3.05, 3.63) is 85.1 Å². The number of hydrogen-bond donors (Lipinski definition) is 1. The molecule has 0 radical (unpaired) electrons. The number of allylic oxidation sites excluding steroid dienone is 6. The number of benzene rings is 1. The number of nitrogens with zero attached hydrogens (tertiary/aromatic N) is 1. The summed E-state index contributed by atoms with van der Waals surface area (Å²) in [5.41, 5.74) is 1.92. The van der Waals surface area contributed by atoms with Gasteiger partial charge in [-0.3, -0.25) is 14.5 Å². The lowest BCUT2D eigenvalue weighted by molar-refractivity contribution is -0.123. The Morgan fingerprint density at radius 1 is 1.13 bits per heavy atom. The molecule has 4 rings (SSSR count). The molecule has 1 N–H and O–H groups in total. The van der Waals surface area contributed by atoms with E-state index in [1.54, 1.807) is 48.6 Å². The van der Waals surface area contributed by atoms with Crippen LogP contribution in [0.5, 0.6) is 0 Å². The molecule has 5 atom stereocenters. The van der Waals surface area contributed by atoms with Gasteiger partial charge >= 0.3 is 0 Å². The molecule has 3 aliphatic rings. The molecule has 30 heavy (non-hydrogen) atoms. The predicted octanol–water partition coefficient (Wildman–Crippen LogP) is 3.87. The molecule has 1 aromatic rings. The monoisotopic (exact) mass is 420 g/mol. The lowest BCUT2D eigenvalue weighted by atomic mass is 9.85. The minimum atomic E-state index is -1.53. The highest BCUT2D eigenvalue weighted by Gasteiger charge is 2.59. The average Bonchev–Trinajstić information content (AvgIpc) is 3.44. The minimum Gasteiger partial charge on any atom is -0.302 e. The Hall–Kier alpha value is -2.99. The van der Waals surface area contributed by atoms with Gasteiger partial charge < -0.3 is 4.72 Å². The van der Waals surface area contributed by atoms with E-state index in [9.17, 15) is 13.8 Å². The van der Waals surface area contributed by atoms with Gasteiger partial charge in [0.1, 0.15) is 11.0 Å². The Bertz CT molecular complexity index is 1010. The van der Waals surface area contributed by atoms with Crippen LogP contribution in [0.3, 0.4) is 0 Å². The predicted molar refractivity (Wildman–Crippen MR) is 120 cm³/mol. The van der Waals surface area contributed by atoms with E-state index in [2.05, 4.69) is 30.0 Å². The second-order valence-electron chi connectivity index (χ2n) is 7.69. The van der Waals surface area contributed by atoms with E-state index in [0.717, 1.165) is 6.42 Å². The lowest BCUT2D eigenvalue weighted by Gasteiger charge is -2.18. The number of imide groups is 1. The largest absolute Gasteiger partial charge is 0.302 e. The maximum Gasteiger partial charge on any atom is 0.238 e. The molecule has 6 heteroatoms. The van der Waals surface area contributed by atoms with Crippen molar-refractivity contribution < 1.29 is 13.8 Å². The third kappa shape index (κ3) is 3.31. The molecule has 0 aromatic heterocycles. The van der Waals surface area contributed by atoms with Crippen LogP contribution in [0.1, 0.15) is 18.9 Å². The van der Waals surface area contributed by atoms with Crippen LogP contribution in [0.4, 0.5) is 5.69 Å². The van der Waals surface area contributed by atoms with Crippen LogP contribution in [0.2, 0.25) is 0 Å². The van der Waals surface area contributed by atoms with Gasteiger partial charge in [-0.1, -0.05) is 55.7 Å². The Balaban J connectivity index is 1.48. The van der Waals surface area contributed by atoms with Crippen molar-refractivity contribution in [3.8, 4) is 0 Å². The van der Waals surface area contributed by atoms with Crippen LogP contribution in [0.25, 0.3) is 4.91 Å². The van der Waals surface area contributed by atoms with Crippen LogP contribution in [-0.4, -0.2) is 16.0 Å². The number of carbonyl (C=O) groups is 2. The first-order chi connectivity index (χ1) is 14.5. The molecule has 2 bridgehead atoms. The molecule has 1 heterocycles. The van der Waals surface area contributed by atoms with E-state index >= 15 is 0 Å². The molecule has 5 nitrogen and oxygen atoms in total. The first-order valence-electron chi connectivity index (χ1n) is 9.95. The van der Waals surface area contributed by atoms with E-state index < -0.39 is 11.0 Å².